The van der Waals surface area contributed by atoms with Crippen molar-refractivity contribution in [2.24, 2.45) is 0 Å². The zero-order valence-electron chi connectivity index (χ0n) is 12.9. The Balaban J connectivity index is 2.10. The molecule has 0 aliphatic carbocycles. The lowest BCUT2D eigenvalue weighted by Crippen LogP contribution is -2.55. The molecule has 0 bridgehead atoms. The van der Waals surface area contributed by atoms with Crippen molar-refractivity contribution in [3.05, 3.63) is 29.3 Å². The van der Waals surface area contributed by atoms with Gasteiger partial charge in [-0.2, -0.15) is 0 Å². The highest BCUT2D eigenvalue weighted by molar-refractivity contribution is 5.79. The third kappa shape index (κ3) is 2.39. The summed E-state index contributed by atoms with van der Waals surface area (Å²) in [7, 11) is 0. The van der Waals surface area contributed by atoms with Crippen LogP contribution in [-0.2, 0) is 4.79 Å². The molecule has 22 heavy (non-hydrogen) atoms. The molecule has 0 spiro atoms. The van der Waals surface area contributed by atoms with Gasteiger partial charge in [-0.1, -0.05) is 0 Å². The molecule has 0 radical (unpaired) electrons. The molecule has 5 heteroatoms. The van der Waals surface area contributed by atoms with Crippen molar-refractivity contribution in [3.63, 3.8) is 0 Å². The Morgan fingerprint density at radius 3 is 2.82 bits per heavy atom. The normalized spacial score (nSPS) is 27.0. The van der Waals surface area contributed by atoms with Crippen molar-refractivity contribution in [2.75, 3.05) is 6.54 Å². The predicted octanol–water partition coefficient (Wildman–Crippen LogP) is 2.08. The summed E-state index contributed by atoms with van der Waals surface area (Å²) >= 11 is 0. The molecule has 0 aromatic heterocycles. The fourth-order valence-corrected chi connectivity index (χ4v) is 3.32. The third-order valence-electron chi connectivity index (χ3n) is 4.57. The number of amides is 1. The number of aliphatic hydroxyl groups excluding tert-OH is 1. The fraction of sp³-hybridized carbons (Fsp3) is 0.529. The van der Waals surface area contributed by atoms with Crippen molar-refractivity contribution < 1.29 is 19.4 Å². The Morgan fingerprint density at radius 2 is 2.14 bits per heavy atom. The number of carbonyl (C=O) groups is 2. The van der Waals surface area contributed by atoms with E-state index in [1.54, 1.807) is 23.1 Å². The van der Waals surface area contributed by atoms with Gasteiger partial charge in [0, 0.05) is 24.1 Å². The van der Waals surface area contributed by atoms with Gasteiger partial charge in [0.15, 0.2) is 0 Å². The van der Waals surface area contributed by atoms with Crippen LogP contribution in [0.1, 0.15) is 55.1 Å². The van der Waals surface area contributed by atoms with Crippen LogP contribution in [0, 0.1) is 0 Å². The first-order chi connectivity index (χ1) is 10.4. The number of carbonyl (C=O) groups excluding carboxylic acids is 2. The van der Waals surface area contributed by atoms with Gasteiger partial charge in [-0.25, -0.2) is 0 Å². The number of aliphatic hydroxyl groups is 1. The Labute approximate surface area is 129 Å². The van der Waals surface area contributed by atoms with Gasteiger partial charge in [0.05, 0.1) is 6.04 Å². The number of piperidine rings is 1. The number of hydrogen-bond acceptors (Lipinski definition) is 4. The maximum Gasteiger partial charge on any atom is 0.223 e. The Bertz CT molecular complexity index is 611. The zero-order chi connectivity index (χ0) is 15.9. The lowest BCUT2D eigenvalue weighted by molar-refractivity contribution is -0.147. The number of aldehydes is 1. The van der Waals surface area contributed by atoms with Gasteiger partial charge < -0.3 is 14.7 Å². The minimum atomic E-state index is -0.844. The van der Waals surface area contributed by atoms with E-state index < -0.39 is 17.7 Å². The topological polar surface area (TPSA) is 66.8 Å². The highest BCUT2D eigenvalue weighted by Crippen LogP contribution is 2.44. The molecule has 1 amide bonds. The van der Waals surface area contributed by atoms with E-state index in [0.717, 1.165) is 19.1 Å². The summed E-state index contributed by atoms with van der Waals surface area (Å²) in [5.41, 5.74) is 0.438. The summed E-state index contributed by atoms with van der Waals surface area (Å²) in [6.45, 7) is 4.26. The van der Waals surface area contributed by atoms with Gasteiger partial charge in [-0.15, -0.1) is 0 Å². The average Bonchev–Trinajstić information content (AvgIpc) is 2.49. The SMILES string of the molecule is CC1(C)Oc2ccc(C=O)cc2[C@H](N2CCCCC2=O)[C@H]1O. The molecule has 1 aromatic rings. The molecular weight excluding hydrogens is 282 g/mol. The first kappa shape index (κ1) is 15.0. The van der Waals surface area contributed by atoms with Crippen LogP contribution in [0.25, 0.3) is 0 Å². The molecular formula is C17H21NO4. The number of benzene rings is 1. The molecule has 2 aliphatic rings. The first-order valence-corrected chi connectivity index (χ1v) is 7.70. The van der Waals surface area contributed by atoms with E-state index in [4.69, 9.17) is 4.74 Å². The number of hydrogen-bond donors (Lipinski definition) is 1. The van der Waals surface area contributed by atoms with Crippen LogP contribution in [0.2, 0.25) is 0 Å². The number of nitrogens with zero attached hydrogens (tertiary/aromatic N) is 1. The molecule has 1 saturated heterocycles. The molecule has 5 nitrogen and oxygen atoms in total. The predicted molar refractivity (Wildman–Crippen MR) is 80.8 cm³/mol. The molecule has 2 atom stereocenters. The lowest BCUT2D eigenvalue weighted by Gasteiger charge is -2.47. The lowest BCUT2D eigenvalue weighted by atomic mass is 9.84. The van der Waals surface area contributed by atoms with Crippen LogP contribution < -0.4 is 4.74 Å². The van der Waals surface area contributed by atoms with Gasteiger partial charge in [0.1, 0.15) is 23.7 Å². The van der Waals surface area contributed by atoms with E-state index in [-0.39, 0.29) is 5.91 Å². The van der Waals surface area contributed by atoms with E-state index in [1.165, 1.54) is 0 Å². The number of ether oxygens (including phenoxy) is 1. The molecule has 1 fully saturated rings. The maximum atomic E-state index is 12.3. The van der Waals surface area contributed by atoms with E-state index in [2.05, 4.69) is 0 Å². The number of fused-ring (bicyclic) bond motifs is 1. The van der Waals surface area contributed by atoms with Gasteiger partial charge in [0.2, 0.25) is 5.91 Å². The molecule has 2 heterocycles. The van der Waals surface area contributed by atoms with Crippen molar-refractivity contribution in [3.8, 4) is 5.75 Å². The quantitative estimate of drug-likeness (QED) is 0.850. The van der Waals surface area contributed by atoms with Crippen LogP contribution in [-0.4, -0.2) is 40.4 Å². The Morgan fingerprint density at radius 1 is 1.36 bits per heavy atom. The van der Waals surface area contributed by atoms with Crippen molar-refractivity contribution in [2.45, 2.75) is 50.9 Å². The van der Waals surface area contributed by atoms with E-state index in [1.807, 2.05) is 13.8 Å². The van der Waals surface area contributed by atoms with Gasteiger partial charge >= 0.3 is 0 Å². The zero-order valence-corrected chi connectivity index (χ0v) is 12.9. The largest absolute Gasteiger partial charge is 0.485 e. The van der Waals surface area contributed by atoms with Gasteiger partial charge in [-0.3, -0.25) is 9.59 Å². The summed E-state index contributed by atoms with van der Waals surface area (Å²) in [6, 6.07) is 4.68. The highest BCUT2D eigenvalue weighted by atomic mass is 16.5. The molecule has 1 N–H and O–H groups in total. The molecule has 118 valence electrons. The Hall–Kier alpha value is -1.88. The van der Waals surface area contributed by atoms with Crippen molar-refractivity contribution in [1.82, 2.24) is 4.90 Å². The monoisotopic (exact) mass is 303 g/mol. The Kier molecular flexibility index (Phi) is 3.68. The second-order valence-corrected chi connectivity index (χ2v) is 6.55. The van der Waals surface area contributed by atoms with Crippen molar-refractivity contribution in [1.29, 1.82) is 0 Å². The minimum absolute atomic E-state index is 0.0513. The summed E-state index contributed by atoms with van der Waals surface area (Å²) in [4.78, 5) is 25.1. The summed E-state index contributed by atoms with van der Waals surface area (Å²) in [5, 5.41) is 10.8. The van der Waals surface area contributed by atoms with Crippen molar-refractivity contribution >= 4 is 12.2 Å². The maximum absolute atomic E-state index is 12.3. The second-order valence-electron chi connectivity index (χ2n) is 6.55. The standard InChI is InChI=1S/C17H21NO4/c1-17(2)16(21)15(18-8-4-3-5-14(18)20)12-9-11(10-19)6-7-13(12)22-17/h6-7,9-10,15-16,21H,3-5,8H2,1-2H3/t15-,16+/m0/s1. The van der Waals surface area contributed by atoms with Crippen LogP contribution >= 0.6 is 0 Å². The summed E-state index contributed by atoms with van der Waals surface area (Å²) in [6.07, 6.45) is 2.25. The minimum Gasteiger partial charge on any atom is -0.485 e. The highest BCUT2D eigenvalue weighted by Gasteiger charge is 2.46. The van der Waals surface area contributed by atoms with Crippen LogP contribution in [0.15, 0.2) is 18.2 Å². The van der Waals surface area contributed by atoms with Crippen LogP contribution in [0.5, 0.6) is 5.75 Å². The van der Waals surface area contributed by atoms with E-state index in [0.29, 0.717) is 29.8 Å². The third-order valence-corrected chi connectivity index (χ3v) is 4.57. The molecule has 1 aromatic carbocycles. The molecule has 3 rings (SSSR count). The number of rotatable bonds is 2. The molecule has 0 saturated carbocycles. The van der Waals surface area contributed by atoms with Gasteiger partial charge in [0.25, 0.3) is 0 Å². The number of likely N-dealkylation sites (tertiary alicyclic amines) is 1. The van der Waals surface area contributed by atoms with E-state index in [9.17, 15) is 14.7 Å². The van der Waals surface area contributed by atoms with Crippen LogP contribution in [0.3, 0.4) is 0 Å². The summed E-state index contributed by atoms with van der Waals surface area (Å²) in [5.74, 6) is 0.680. The van der Waals surface area contributed by atoms with Gasteiger partial charge in [-0.05, 0) is 44.9 Å². The second kappa shape index (κ2) is 5.39. The molecule has 2 aliphatic heterocycles. The van der Waals surface area contributed by atoms with Crippen LogP contribution in [0.4, 0.5) is 0 Å². The fourth-order valence-electron chi connectivity index (χ4n) is 3.32. The molecule has 0 unspecified atom stereocenters. The van der Waals surface area contributed by atoms with E-state index >= 15 is 0 Å². The first-order valence-electron chi connectivity index (χ1n) is 7.70. The summed E-state index contributed by atoms with van der Waals surface area (Å²) < 4.78 is 5.88. The average molecular weight is 303 g/mol. The smallest absolute Gasteiger partial charge is 0.223 e.